The van der Waals surface area contributed by atoms with E-state index in [9.17, 15) is 18.0 Å². The molecule has 21 heavy (non-hydrogen) atoms. The van der Waals surface area contributed by atoms with E-state index in [2.05, 4.69) is 10.2 Å². The Bertz CT molecular complexity index is 663. The van der Waals surface area contributed by atoms with Crippen molar-refractivity contribution in [3.63, 3.8) is 0 Å². The van der Waals surface area contributed by atoms with Crippen molar-refractivity contribution in [3.05, 3.63) is 45.9 Å². The second-order valence-corrected chi connectivity index (χ2v) is 5.39. The lowest BCUT2D eigenvalue weighted by Gasteiger charge is -2.08. The van der Waals surface area contributed by atoms with Gasteiger partial charge in [0.2, 0.25) is 0 Å². The van der Waals surface area contributed by atoms with Crippen LogP contribution in [0.15, 0.2) is 34.2 Å². The maximum Gasteiger partial charge on any atom is 0.416 e. The van der Waals surface area contributed by atoms with Crippen LogP contribution in [0.25, 0.3) is 0 Å². The molecule has 0 fully saturated rings. The molecule has 1 heterocycles. The van der Waals surface area contributed by atoms with Crippen LogP contribution in [-0.2, 0) is 18.5 Å². The number of aromatic amines is 1. The standard InChI is InChI=1S/C13H14F3N3OS/c1-2-6-19-11(20)17-18-12(19)21-8-9-4-3-5-10(7-9)13(14,15)16/h3-5,7H,2,6,8H2,1H3,(H,17,20). The second kappa shape index (κ2) is 6.38. The van der Waals surface area contributed by atoms with Gasteiger partial charge in [-0.15, -0.1) is 5.10 Å². The van der Waals surface area contributed by atoms with E-state index in [0.717, 1.165) is 18.6 Å². The van der Waals surface area contributed by atoms with Crippen molar-refractivity contribution in [2.45, 2.75) is 37.0 Å². The number of hydrogen-bond acceptors (Lipinski definition) is 3. The van der Waals surface area contributed by atoms with Crippen LogP contribution in [0, 0.1) is 0 Å². The molecule has 0 saturated carbocycles. The molecule has 0 unspecified atom stereocenters. The Balaban J connectivity index is 2.12. The number of aromatic nitrogens is 3. The molecule has 0 aliphatic heterocycles. The molecule has 2 aromatic rings. The lowest BCUT2D eigenvalue weighted by molar-refractivity contribution is -0.137. The number of benzene rings is 1. The van der Waals surface area contributed by atoms with E-state index < -0.39 is 11.7 Å². The van der Waals surface area contributed by atoms with E-state index >= 15 is 0 Å². The topological polar surface area (TPSA) is 50.7 Å². The molecule has 0 aliphatic rings. The van der Waals surface area contributed by atoms with Crippen molar-refractivity contribution in [1.29, 1.82) is 0 Å². The Kier molecular flexibility index (Phi) is 4.76. The Morgan fingerprint density at radius 1 is 1.38 bits per heavy atom. The van der Waals surface area contributed by atoms with Crippen molar-refractivity contribution in [3.8, 4) is 0 Å². The number of halogens is 3. The van der Waals surface area contributed by atoms with E-state index in [1.165, 1.54) is 22.4 Å². The third-order valence-corrected chi connectivity index (χ3v) is 3.84. The Labute approximate surface area is 123 Å². The van der Waals surface area contributed by atoms with Crippen LogP contribution in [-0.4, -0.2) is 14.8 Å². The van der Waals surface area contributed by atoms with Crippen LogP contribution in [0.4, 0.5) is 13.2 Å². The fourth-order valence-corrected chi connectivity index (χ4v) is 2.74. The van der Waals surface area contributed by atoms with Gasteiger partial charge in [0.15, 0.2) is 5.16 Å². The summed E-state index contributed by atoms with van der Waals surface area (Å²) in [6.07, 6.45) is -3.58. The zero-order valence-electron chi connectivity index (χ0n) is 11.3. The maximum absolute atomic E-state index is 12.6. The summed E-state index contributed by atoms with van der Waals surface area (Å²) in [7, 11) is 0. The van der Waals surface area contributed by atoms with Crippen LogP contribution in [0.1, 0.15) is 24.5 Å². The molecule has 0 amide bonds. The van der Waals surface area contributed by atoms with Crippen LogP contribution in [0.3, 0.4) is 0 Å². The first-order chi connectivity index (χ1) is 9.91. The first-order valence-corrected chi connectivity index (χ1v) is 7.34. The SMILES string of the molecule is CCCn1c(SCc2cccc(C(F)(F)F)c2)n[nH]c1=O. The lowest BCUT2D eigenvalue weighted by Crippen LogP contribution is -2.17. The third-order valence-electron chi connectivity index (χ3n) is 2.79. The molecule has 0 aliphatic carbocycles. The van der Waals surface area contributed by atoms with Gasteiger partial charge >= 0.3 is 11.9 Å². The lowest BCUT2D eigenvalue weighted by atomic mass is 10.1. The van der Waals surface area contributed by atoms with Crippen LogP contribution >= 0.6 is 11.8 Å². The molecule has 0 atom stereocenters. The van der Waals surface area contributed by atoms with Gasteiger partial charge in [0.05, 0.1) is 5.56 Å². The molecule has 0 bridgehead atoms. The number of rotatable bonds is 5. The normalized spacial score (nSPS) is 11.8. The molecule has 1 aromatic heterocycles. The highest BCUT2D eigenvalue weighted by Gasteiger charge is 2.30. The Morgan fingerprint density at radius 3 is 2.81 bits per heavy atom. The molecule has 8 heteroatoms. The summed E-state index contributed by atoms with van der Waals surface area (Å²) in [4.78, 5) is 11.5. The van der Waals surface area contributed by atoms with E-state index in [-0.39, 0.29) is 5.69 Å². The number of thioether (sulfide) groups is 1. The summed E-state index contributed by atoms with van der Waals surface area (Å²) < 4.78 is 39.4. The van der Waals surface area contributed by atoms with E-state index in [0.29, 0.717) is 23.0 Å². The zero-order valence-corrected chi connectivity index (χ0v) is 12.1. The average Bonchev–Trinajstić information content (AvgIpc) is 2.78. The van der Waals surface area contributed by atoms with Crippen molar-refractivity contribution in [2.75, 3.05) is 0 Å². The number of nitrogens with zero attached hydrogens (tertiary/aromatic N) is 2. The van der Waals surface area contributed by atoms with Gasteiger partial charge in [-0.1, -0.05) is 36.9 Å². The highest BCUT2D eigenvalue weighted by molar-refractivity contribution is 7.98. The molecule has 2 rings (SSSR count). The fourth-order valence-electron chi connectivity index (χ4n) is 1.82. The fraction of sp³-hybridized carbons (Fsp3) is 0.385. The second-order valence-electron chi connectivity index (χ2n) is 4.45. The quantitative estimate of drug-likeness (QED) is 0.861. The summed E-state index contributed by atoms with van der Waals surface area (Å²) >= 11 is 1.23. The van der Waals surface area contributed by atoms with Gasteiger partial charge in [-0.05, 0) is 18.1 Å². The number of H-pyrrole nitrogens is 1. The zero-order chi connectivity index (χ0) is 15.5. The van der Waals surface area contributed by atoms with Gasteiger partial charge in [-0.3, -0.25) is 4.57 Å². The molecule has 1 N–H and O–H groups in total. The van der Waals surface area contributed by atoms with Crippen molar-refractivity contribution in [2.24, 2.45) is 0 Å². The third kappa shape index (κ3) is 3.90. The van der Waals surface area contributed by atoms with Gasteiger partial charge in [-0.2, -0.15) is 13.2 Å². The molecule has 1 aromatic carbocycles. The summed E-state index contributed by atoms with van der Waals surface area (Å²) in [5.41, 5.74) is -0.440. The van der Waals surface area contributed by atoms with Crippen LogP contribution < -0.4 is 5.69 Å². The number of nitrogens with one attached hydrogen (secondary N) is 1. The monoisotopic (exact) mass is 317 g/mol. The Hall–Kier alpha value is -1.70. The summed E-state index contributed by atoms with van der Waals surface area (Å²) in [5, 5.41) is 6.72. The van der Waals surface area contributed by atoms with Gasteiger partial charge < -0.3 is 0 Å². The van der Waals surface area contributed by atoms with Crippen molar-refractivity contribution in [1.82, 2.24) is 14.8 Å². The molecular formula is C13H14F3N3OS. The number of alkyl halides is 3. The number of hydrogen-bond donors (Lipinski definition) is 1. The molecule has 0 spiro atoms. The predicted molar refractivity (Wildman–Crippen MR) is 74.1 cm³/mol. The van der Waals surface area contributed by atoms with E-state index in [1.54, 1.807) is 6.07 Å². The van der Waals surface area contributed by atoms with Gasteiger partial charge in [0.1, 0.15) is 0 Å². The van der Waals surface area contributed by atoms with Gasteiger partial charge in [0.25, 0.3) is 0 Å². The largest absolute Gasteiger partial charge is 0.416 e. The highest BCUT2D eigenvalue weighted by Crippen LogP contribution is 2.30. The van der Waals surface area contributed by atoms with Crippen molar-refractivity contribution < 1.29 is 13.2 Å². The van der Waals surface area contributed by atoms with Crippen molar-refractivity contribution >= 4 is 11.8 Å². The smallest absolute Gasteiger partial charge is 0.270 e. The van der Waals surface area contributed by atoms with Gasteiger partial charge in [-0.25, -0.2) is 9.89 Å². The molecular weight excluding hydrogens is 303 g/mol. The minimum atomic E-state index is -4.35. The summed E-state index contributed by atoms with van der Waals surface area (Å²) in [6.45, 7) is 2.46. The maximum atomic E-state index is 12.6. The first-order valence-electron chi connectivity index (χ1n) is 6.36. The minimum Gasteiger partial charge on any atom is -0.270 e. The molecule has 0 radical (unpaired) electrons. The van der Waals surface area contributed by atoms with Crippen LogP contribution in [0.2, 0.25) is 0 Å². The summed E-state index contributed by atoms with van der Waals surface area (Å²) in [6, 6.07) is 5.15. The minimum absolute atomic E-state index is 0.302. The Morgan fingerprint density at radius 2 is 2.14 bits per heavy atom. The van der Waals surface area contributed by atoms with E-state index in [4.69, 9.17) is 0 Å². The van der Waals surface area contributed by atoms with Crippen LogP contribution in [0.5, 0.6) is 0 Å². The molecule has 4 nitrogen and oxygen atoms in total. The predicted octanol–water partition coefficient (Wildman–Crippen LogP) is 3.29. The average molecular weight is 317 g/mol. The first kappa shape index (κ1) is 15.7. The van der Waals surface area contributed by atoms with Gasteiger partial charge in [0, 0.05) is 12.3 Å². The summed E-state index contributed by atoms with van der Waals surface area (Å²) in [5.74, 6) is 0.317. The highest BCUT2D eigenvalue weighted by atomic mass is 32.2. The molecule has 114 valence electrons. The van der Waals surface area contributed by atoms with E-state index in [1.807, 2.05) is 6.92 Å². The molecule has 0 saturated heterocycles.